The van der Waals surface area contributed by atoms with E-state index in [0.29, 0.717) is 12.3 Å². The maximum Gasteiger partial charge on any atom is 0.228 e. The molecule has 0 aromatic carbocycles. The van der Waals surface area contributed by atoms with Gasteiger partial charge in [-0.3, -0.25) is 4.79 Å². The molecule has 0 radical (unpaired) electrons. The van der Waals surface area contributed by atoms with E-state index in [1.807, 2.05) is 6.92 Å². The van der Waals surface area contributed by atoms with Crippen molar-refractivity contribution in [2.24, 2.45) is 11.3 Å². The normalized spacial score (nSPS) is 26.4. The lowest BCUT2D eigenvalue weighted by Gasteiger charge is -2.32. The third-order valence-electron chi connectivity index (χ3n) is 3.52. The van der Waals surface area contributed by atoms with Crippen molar-refractivity contribution in [1.29, 1.82) is 5.26 Å². The maximum atomic E-state index is 12.2. The molecule has 1 saturated heterocycles. The zero-order valence-corrected chi connectivity index (χ0v) is 10.3. The minimum absolute atomic E-state index is 0.0614. The van der Waals surface area contributed by atoms with Gasteiger partial charge in [-0.1, -0.05) is 13.8 Å². The van der Waals surface area contributed by atoms with Gasteiger partial charge in [0.25, 0.3) is 0 Å². The molecule has 4 heteroatoms. The van der Waals surface area contributed by atoms with Gasteiger partial charge in [-0.05, 0) is 25.8 Å². The van der Waals surface area contributed by atoms with Crippen molar-refractivity contribution in [3.05, 3.63) is 0 Å². The Hall–Kier alpha value is -1.08. The van der Waals surface area contributed by atoms with Crippen LogP contribution in [0.4, 0.5) is 0 Å². The molecule has 1 amide bonds. The number of nitrogens with one attached hydrogen (secondary N) is 2. The standard InChI is InChI=1S/C12H21N3O/c1-9(2)12(5-7-14-8-12)11(16)15-10(3)4-6-13/h9-10,14H,4-5,7-8H2,1-3H3,(H,15,16). The first-order valence-electron chi connectivity index (χ1n) is 5.91. The smallest absolute Gasteiger partial charge is 0.228 e. The van der Waals surface area contributed by atoms with Crippen LogP contribution in [0.15, 0.2) is 0 Å². The lowest BCUT2D eigenvalue weighted by molar-refractivity contribution is -0.133. The van der Waals surface area contributed by atoms with Crippen molar-refractivity contribution in [2.45, 2.75) is 39.7 Å². The molecule has 1 aliphatic heterocycles. The molecule has 2 unspecified atom stereocenters. The summed E-state index contributed by atoms with van der Waals surface area (Å²) in [7, 11) is 0. The molecule has 2 atom stereocenters. The molecule has 0 aliphatic carbocycles. The topological polar surface area (TPSA) is 64.9 Å². The number of carbonyl (C=O) groups is 1. The van der Waals surface area contributed by atoms with Crippen molar-refractivity contribution >= 4 is 5.91 Å². The summed E-state index contributed by atoms with van der Waals surface area (Å²) in [6, 6.07) is 2.01. The van der Waals surface area contributed by atoms with Crippen LogP contribution in [-0.4, -0.2) is 25.0 Å². The molecule has 2 N–H and O–H groups in total. The van der Waals surface area contributed by atoms with Gasteiger partial charge in [0, 0.05) is 12.6 Å². The maximum absolute atomic E-state index is 12.2. The number of hydrogen-bond acceptors (Lipinski definition) is 3. The van der Waals surface area contributed by atoms with Crippen molar-refractivity contribution in [3.8, 4) is 6.07 Å². The fraction of sp³-hybridized carbons (Fsp3) is 0.833. The Bertz CT molecular complexity index is 287. The Balaban J connectivity index is 2.66. The van der Waals surface area contributed by atoms with Crippen LogP contribution >= 0.6 is 0 Å². The van der Waals surface area contributed by atoms with Crippen LogP contribution in [0.2, 0.25) is 0 Å². The zero-order chi connectivity index (χ0) is 12.2. The van der Waals surface area contributed by atoms with Crippen LogP contribution in [0.5, 0.6) is 0 Å². The predicted octanol–water partition coefficient (Wildman–Crippen LogP) is 1.04. The van der Waals surface area contributed by atoms with Gasteiger partial charge in [0.15, 0.2) is 0 Å². The highest BCUT2D eigenvalue weighted by Crippen LogP contribution is 2.34. The Morgan fingerprint density at radius 3 is 2.69 bits per heavy atom. The van der Waals surface area contributed by atoms with E-state index in [1.54, 1.807) is 0 Å². The molecule has 1 heterocycles. The van der Waals surface area contributed by atoms with Crippen LogP contribution < -0.4 is 10.6 Å². The average Bonchev–Trinajstić information content (AvgIpc) is 2.67. The van der Waals surface area contributed by atoms with Crippen molar-refractivity contribution < 1.29 is 4.79 Å². The summed E-state index contributed by atoms with van der Waals surface area (Å²) < 4.78 is 0. The van der Waals surface area contributed by atoms with Gasteiger partial charge in [0.2, 0.25) is 5.91 Å². The Kier molecular flexibility index (Phi) is 4.31. The van der Waals surface area contributed by atoms with Gasteiger partial charge in [0.1, 0.15) is 0 Å². The second-order valence-corrected chi connectivity index (χ2v) is 4.97. The van der Waals surface area contributed by atoms with E-state index in [2.05, 4.69) is 30.6 Å². The Morgan fingerprint density at radius 1 is 1.56 bits per heavy atom. The van der Waals surface area contributed by atoms with Crippen LogP contribution in [0.1, 0.15) is 33.6 Å². The van der Waals surface area contributed by atoms with Gasteiger partial charge in [-0.15, -0.1) is 0 Å². The molecule has 1 fully saturated rings. The zero-order valence-electron chi connectivity index (χ0n) is 10.3. The van der Waals surface area contributed by atoms with E-state index >= 15 is 0 Å². The summed E-state index contributed by atoms with van der Waals surface area (Å²) in [6.45, 7) is 7.69. The van der Waals surface area contributed by atoms with E-state index in [-0.39, 0.29) is 17.4 Å². The second kappa shape index (κ2) is 5.31. The van der Waals surface area contributed by atoms with Crippen LogP contribution in [-0.2, 0) is 4.79 Å². The van der Waals surface area contributed by atoms with Gasteiger partial charge in [-0.2, -0.15) is 5.26 Å². The summed E-state index contributed by atoms with van der Waals surface area (Å²) in [5, 5.41) is 14.8. The largest absolute Gasteiger partial charge is 0.352 e. The number of nitrogens with zero attached hydrogens (tertiary/aromatic N) is 1. The van der Waals surface area contributed by atoms with E-state index < -0.39 is 0 Å². The molecule has 0 saturated carbocycles. The minimum atomic E-state index is -0.288. The molecule has 1 rings (SSSR count). The van der Waals surface area contributed by atoms with Gasteiger partial charge < -0.3 is 10.6 Å². The summed E-state index contributed by atoms with van der Waals surface area (Å²) in [4.78, 5) is 12.2. The summed E-state index contributed by atoms with van der Waals surface area (Å²) >= 11 is 0. The van der Waals surface area contributed by atoms with Crippen molar-refractivity contribution in [2.75, 3.05) is 13.1 Å². The Morgan fingerprint density at radius 2 is 2.25 bits per heavy atom. The molecule has 4 nitrogen and oxygen atoms in total. The van der Waals surface area contributed by atoms with Gasteiger partial charge >= 0.3 is 0 Å². The SMILES string of the molecule is CC(CC#N)NC(=O)C1(C(C)C)CCNC1. The molecule has 16 heavy (non-hydrogen) atoms. The number of nitriles is 1. The van der Waals surface area contributed by atoms with E-state index in [9.17, 15) is 4.79 Å². The first-order chi connectivity index (χ1) is 7.53. The van der Waals surface area contributed by atoms with Crippen molar-refractivity contribution in [1.82, 2.24) is 10.6 Å². The van der Waals surface area contributed by atoms with E-state index in [4.69, 9.17) is 5.26 Å². The average molecular weight is 223 g/mol. The summed E-state index contributed by atoms with van der Waals surface area (Å²) in [5.74, 6) is 0.409. The molecule has 0 aromatic heterocycles. The predicted molar refractivity (Wildman–Crippen MR) is 62.6 cm³/mol. The molecule has 1 aliphatic rings. The highest BCUT2D eigenvalue weighted by Gasteiger charge is 2.43. The summed E-state index contributed by atoms with van der Waals surface area (Å²) in [6.07, 6.45) is 1.25. The highest BCUT2D eigenvalue weighted by molar-refractivity contribution is 5.83. The fourth-order valence-electron chi connectivity index (χ4n) is 2.22. The first kappa shape index (κ1) is 13.0. The van der Waals surface area contributed by atoms with Gasteiger partial charge in [-0.25, -0.2) is 0 Å². The second-order valence-electron chi connectivity index (χ2n) is 4.97. The molecular weight excluding hydrogens is 202 g/mol. The highest BCUT2D eigenvalue weighted by atomic mass is 16.2. The summed E-state index contributed by atoms with van der Waals surface area (Å²) in [5.41, 5.74) is -0.288. The lowest BCUT2D eigenvalue weighted by atomic mass is 9.75. The number of amides is 1. The molecule has 90 valence electrons. The first-order valence-corrected chi connectivity index (χ1v) is 5.91. The van der Waals surface area contributed by atoms with Crippen LogP contribution in [0.25, 0.3) is 0 Å². The van der Waals surface area contributed by atoms with Crippen LogP contribution in [0, 0.1) is 22.7 Å². The number of carbonyl (C=O) groups excluding carboxylic acids is 1. The molecular formula is C12H21N3O. The van der Waals surface area contributed by atoms with Crippen molar-refractivity contribution in [3.63, 3.8) is 0 Å². The van der Waals surface area contributed by atoms with Gasteiger partial charge in [0.05, 0.1) is 17.9 Å². The molecule has 0 bridgehead atoms. The molecule has 0 spiro atoms. The third-order valence-corrected chi connectivity index (χ3v) is 3.52. The lowest BCUT2D eigenvalue weighted by Crippen LogP contribution is -2.48. The quantitative estimate of drug-likeness (QED) is 0.748. The molecule has 0 aromatic rings. The van der Waals surface area contributed by atoms with E-state index in [0.717, 1.165) is 19.5 Å². The third kappa shape index (κ3) is 2.53. The minimum Gasteiger partial charge on any atom is -0.352 e. The monoisotopic (exact) mass is 223 g/mol. The number of hydrogen-bond donors (Lipinski definition) is 2. The van der Waals surface area contributed by atoms with E-state index in [1.165, 1.54) is 0 Å². The number of rotatable bonds is 4. The Labute approximate surface area is 97.4 Å². The fourth-order valence-corrected chi connectivity index (χ4v) is 2.22. The van der Waals surface area contributed by atoms with Crippen LogP contribution in [0.3, 0.4) is 0 Å².